The highest BCUT2D eigenvalue weighted by molar-refractivity contribution is 5.94. The maximum absolute atomic E-state index is 12.8. The van der Waals surface area contributed by atoms with Gasteiger partial charge in [-0.25, -0.2) is 0 Å². The molecular weight excluding hydrogens is 298 g/mol. The second-order valence-electron chi connectivity index (χ2n) is 6.36. The molecule has 1 fully saturated rings. The molecule has 126 valence electrons. The molecular formula is C20H25N3O. The van der Waals surface area contributed by atoms with Gasteiger partial charge in [0.1, 0.15) is 0 Å². The number of benzene rings is 1. The van der Waals surface area contributed by atoms with Crippen molar-refractivity contribution in [3.63, 3.8) is 0 Å². The topological polar surface area (TPSA) is 36.4 Å². The van der Waals surface area contributed by atoms with Crippen LogP contribution in [0.2, 0.25) is 0 Å². The molecule has 0 bridgehead atoms. The van der Waals surface area contributed by atoms with Crippen LogP contribution in [0.3, 0.4) is 0 Å². The number of amides is 1. The maximum atomic E-state index is 12.8. The van der Waals surface area contributed by atoms with E-state index < -0.39 is 0 Å². The molecule has 1 amide bonds. The Hall–Kier alpha value is -2.20. The van der Waals surface area contributed by atoms with Crippen LogP contribution in [0.4, 0.5) is 0 Å². The lowest BCUT2D eigenvalue weighted by Crippen LogP contribution is -2.42. The Balaban J connectivity index is 1.68. The highest BCUT2D eigenvalue weighted by Gasteiger charge is 2.32. The summed E-state index contributed by atoms with van der Waals surface area (Å²) < 4.78 is 0. The second-order valence-corrected chi connectivity index (χ2v) is 6.36. The molecule has 1 aromatic carbocycles. The van der Waals surface area contributed by atoms with Crippen molar-refractivity contribution in [2.24, 2.45) is 0 Å². The fourth-order valence-corrected chi connectivity index (χ4v) is 3.54. The van der Waals surface area contributed by atoms with Gasteiger partial charge >= 0.3 is 0 Å². The molecule has 24 heavy (non-hydrogen) atoms. The number of likely N-dealkylation sites (tertiary alicyclic amines) is 1. The van der Waals surface area contributed by atoms with Gasteiger partial charge in [-0.2, -0.15) is 0 Å². The molecule has 1 aliphatic heterocycles. The number of carbonyl (C=O) groups excluding carboxylic acids is 1. The van der Waals surface area contributed by atoms with Crippen molar-refractivity contribution in [2.75, 3.05) is 19.6 Å². The summed E-state index contributed by atoms with van der Waals surface area (Å²) in [6.07, 6.45) is 4.38. The van der Waals surface area contributed by atoms with E-state index in [9.17, 15) is 4.79 Å². The Labute approximate surface area is 144 Å². The predicted octanol–water partition coefficient (Wildman–Crippen LogP) is 3.38. The van der Waals surface area contributed by atoms with Gasteiger partial charge in [-0.15, -0.1) is 0 Å². The molecule has 0 aliphatic carbocycles. The molecule has 0 saturated carbocycles. The summed E-state index contributed by atoms with van der Waals surface area (Å²) in [5.74, 6) is 0.0878. The van der Waals surface area contributed by atoms with E-state index in [1.807, 2.05) is 23.1 Å². The number of likely N-dealkylation sites (N-methyl/N-ethyl adjacent to an activating group) is 1. The van der Waals surface area contributed by atoms with Crippen molar-refractivity contribution in [1.29, 1.82) is 0 Å². The van der Waals surface area contributed by atoms with E-state index in [1.165, 1.54) is 5.56 Å². The van der Waals surface area contributed by atoms with Crippen molar-refractivity contribution in [1.82, 2.24) is 14.8 Å². The van der Waals surface area contributed by atoms with Crippen molar-refractivity contribution in [3.05, 3.63) is 66.0 Å². The zero-order chi connectivity index (χ0) is 16.9. The smallest absolute Gasteiger partial charge is 0.255 e. The Bertz CT molecular complexity index is 659. The molecule has 4 nitrogen and oxygen atoms in total. The van der Waals surface area contributed by atoms with Gasteiger partial charge in [0.2, 0.25) is 0 Å². The van der Waals surface area contributed by atoms with Crippen molar-refractivity contribution < 1.29 is 4.79 Å². The third-order valence-corrected chi connectivity index (χ3v) is 4.98. The number of hydrogen-bond acceptors (Lipinski definition) is 3. The third kappa shape index (κ3) is 3.49. The first-order valence-electron chi connectivity index (χ1n) is 8.70. The van der Waals surface area contributed by atoms with Gasteiger partial charge < -0.3 is 4.90 Å². The minimum absolute atomic E-state index is 0.0878. The second kappa shape index (κ2) is 7.58. The summed E-state index contributed by atoms with van der Waals surface area (Å²) in [4.78, 5) is 21.3. The van der Waals surface area contributed by atoms with E-state index in [4.69, 9.17) is 0 Å². The molecule has 0 unspecified atom stereocenters. The normalized spacial score (nSPS) is 19.2. The zero-order valence-electron chi connectivity index (χ0n) is 14.4. The van der Waals surface area contributed by atoms with Crippen molar-refractivity contribution in [3.8, 4) is 0 Å². The van der Waals surface area contributed by atoms with Gasteiger partial charge in [-0.05, 0) is 38.0 Å². The van der Waals surface area contributed by atoms with E-state index in [1.54, 1.807) is 12.4 Å². The first-order valence-corrected chi connectivity index (χ1v) is 8.70. The van der Waals surface area contributed by atoms with Crippen LogP contribution in [-0.2, 0) is 0 Å². The van der Waals surface area contributed by atoms with Gasteiger partial charge in [0.15, 0.2) is 0 Å². The lowest BCUT2D eigenvalue weighted by atomic mass is 10.1. The molecule has 2 atom stereocenters. The molecule has 3 rings (SSSR count). The molecule has 1 aliphatic rings. The maximum Gasteiger partial charge on any atom is 0.255 e. The first-order chi connectivity index (χ1) is 11.7. The van der Waals surface area contributed by atoms with Crippen LogP contribution < -0.4 is 0 Å². The van der Waals surface area contributed by atoms with E-state index in [-0.39, 0.29) is 11.9 Å². The van der Waals surface area contributed by atoms with E-state index in [2.05, 4.69) is 48.0 Å². The van der Waals surface area contributed by atoms with Crippen molar-refractivity contribution in [2.45, 2.75) is 32.4 Å². The summed E-state index contributed by atoms with van der Waals surface area (Å²) in [5, 5.41) is 0. The fraction of sp³-hybridized carbons (Fsp3) is 0.400. The van der Waals surface area contributed by atoms with Gasteiger partial charge in [0, 0.05) is 44.1 Å². The van der Waals surface area contributed by atoms with Crippen LogP contribution in [0, 0.1) is 0 Å². The van der Waals surface area contributed by atoms with Crippen LogP contribution >= 0.6 is 0 Å². The van der Waals surface area contributed by atoms with Crippen LogP contribution in [0.15, 0.2) is 54.9 Å². The summed E-state index contributed by atoms with van der Waals surface area (Å²) in [7, 11) is 0. The number of carbonyl (C=O) groups is 1. The average Bonchev–Trinajstić information content (AvgIpc) is 3.13. The summed E-state index contributed by atoms with van der Waals surface area (Å²) in [5.41, 5.74) is 2.01. The van der Waals surface area contributed by atoms with Crippen LogP contribution in [0.1, 0.15) is 42.2 Å². The molecule has 0 spiro atoms. The Morgan fingerprint density at radius 2 is 2.08 bits per heavy atom. The highest BCUT2D eigenvalue weighted by atomic mass is 16.2. The lowest BCUT2D eigenvalue weighted by Gasteiger charge is -2.30. The van der Waals surface area contributed by atoms with Crippen LogP contribution in [-0.4, -0.2) is 46.4 Å². The number of pyridine rings is 1. The minimum Gasteiger partial charge on any atom is -0.335 e. The van der Waals surface area contributed by atoms with E-state index in [0.717, 1.165) is 26.1 Å². The number of nitrogens with zero attached hydrogens (tertiary/aromatic N) is 3. The van der Waals surface area contributed by atoms with E-state index >= 15 is 0 Å². The number of hydrogen-bond donors (Lipinski definition) is 0. The lowest BCUT2D eigenvalue weighted by molar-refractivity contribution is 0.0689. The van der Waals surface area contributed by atoms with Gasteiger partial charge in [0.25, 0.3) is 5.91 Å². The minimum atomic E-state index is 0.0878. The van der Waals surface area contributed by atoms with Gasteiger partial charge in [-0.1, -0.05) is 30.3 Å². The van der Waals surface area contributed by atoms with Crippen LogP contribution in [0.5, 0.6) is 0 Å². The van der Waals surface area contributed by atoms with Crippen LogP contribution in [0.25, 0.3) is 0 Å². The monoisotopic (exact) mass is 323 g/mol. The molecule has 0 N–H and O–H groups in total. The van der Waals surface area contributed by atoms with Gasteiger partial charge in [-0.3, -0.25) is 14.7 Å². The number of rotatable bonds is 5. The van der Waals surface area contributed by atoms with E-state index in [0.29, 0.717) is 11.6 Å². The summed E-state index contributed by atoms with van der Waals surface area (Å²) in [6, 6.07) is 14.9. The predicted molar refractivity (Wildman–Crippen MR) is 95.8 cm³/mol. The molecule has 1 aromatic heterocycles. The zero-order valence-corrected chi connectivity index (χ0v) is 14.4. The Morgan fingerprint density at radius 1 is 1.29 bits per heavy atom. The quantitative estimate of drug-likeness (QED) is 0.846. The molecule has 0 radical (unpaired) electrons. The fourth-order valence-electron chi connectivity index (χ4n) is 3.54. The molecule has 2 heterocycles. The average molecular weight is 323 g/mol. The SMILES string of the molecule is CCN(C(=O)c1cccnc1)[C@@H]1CCN([C@@H](C)c2ccccc2)C1. The molecule has 2 aromatic rings. The number of aromatic nitrogens is 1. The highest BCUT2D eigenvalue weighted by Crippen LogP contribution is 2.27. The molecule has 4 heteroatoms. The standard InChI is InChI=1S/C20H25N3O/c1-3-23(20(24)18-10-7-12-21-14-18)19-11-13-22(15-19)16(2)17-8-5-4-6-9-17/h4-10,12,14,16,19H,3,11,13,15H2,1-2H3/t16-,19+/m0/s1. The summed E-state index contributed by atoms with van der Waals surface area (Å²) in [6.45, 7) is 6.98. The largest absolute Gasteiger partial charge is 0.335 e. The Kier molecular flexibility index (Phi) is 5.26. The van der Waals surface area contributed by atoms with Crippen molar-refractivity contribution >= 4 is 5.91 Å². The molecule has 1 saturated heterocycles. The third-order valence-electron chi connectivity index (χ3n) is 4.98. The first kappa shape index (κ1) is 16.7. The summed E-state index contributed by atoms with van der Waals surface area (Å²) >= 11 is 0. The van der Waals surface area contributed by atoms with Gasteiger partial charge in [0.05, 0.1) is 5.56 Å². The Morgan fingerprint density at radius 3 is 2.75 bits per heavy atom.